The van der Waals surface area contributed by atoms with Crippen LogP contribution in [-0.4, -0.2) is 21.2 Å². The summed E-state index contributed by atoms with van der Waals surface area (Å²) in [6.45, 7) is 16.6. The van der Waals surface area contributed by atoms with Gasteiger partial charge in [0.15, 0.2) is 8.32 Å². The number of carbonyl (C=O) groups is 1. The molecule has 0 aliphatic rings. The van der Waals surface area contributed by atoms with Crippen LogP contribution in [0.25, 0.3) is 0 Å². The molecule has 0 spiro atoms. The van der Waals surface area contributed by atoms with Crippen molar-refractivity contribution >= 4 is 14.6 Å². The van der Waals surface area contributed by atoms with Gasteiger partial charge < -0.3 is 9.22 Å². The molecule has 3 heteroatoms. The summed E-state index contributed by atoms with van der Waals surface area (Å²) in [6.07, 6.45) is 1.61. The minimum absolute atomic E-state index is 0.343. The molecule has 17 heavy (non-hydrogen) atoms. The van der Waals surface area contributed by atoms with Gasteiger partial charge in [-0.25, -0.2) is 0 Å². The molecule has 0 rings (SSSR count). The quantitative estimate of drug-likeness (QED) is 0.476. The van der Waals surface area contributed by atoms with E-state index in [0.717, 1.165) is 12.9 Å². The molecule has 0 aromatic carbocycles. The Morgan fingerprint density at radius 3 is 1.65 bits per heavy atom. The highest BCUT2D eigenvalue weighted by Gasteiger charge is 2.45. The minimum Gasteiger partial charge on any atom is -0.416 e. The molecule has 0 heterocycles. The third-order valence-electron chi connectivity index (χ3n) is 3.82. The second-order valence-electron chi connectivity index (χ2n) is 6.14. The molecule has 0 aliphatic heterocycles. The summed E-state index contributed by atoms with van der Waals surface area (Å²) >= 11 is 0. The van der Waals surface area contributed by atoms with E-state index >= 15 is 0 Å². The molecule has 0 fully saturated rings. The van der Waals surface area contributed by atoms with Crippen molar-refractivity contribution in [2.75, 3.05) is 6.61 Å². The zero-order chi connectivity index (χ0) is 13.6. The molecule has 0 bridgehead atoms. The molecule has 0 amide bonds. The SMILES string of the molecule is CC(CC=O)CO[Si](C(C)C)(C(C)C)C(C)C. The fraction of sp³-hybridized carbons (Fsp3) is 0.929. The molecular formula is C14H30O2Si. The first-order valence-electron chi connectivity index (χ1n) is 6.86. The minimum atomic E-state index is -1.74. The van der Waals surface area contributed by atoms with Gasteiger partial charge in [-0.05, 0) is 22.5 Å². The summed E-state index contributed by atoms with van der Waals surface area (Å²) in [4.78, 5) is 10.5. The van der Waals surface area contributed by atoms with Crippen LogP contribution in [0.5, 0.6) is 0 Å². The average molecular weight is 258 g/mol. The summed E-state index contributed by atoms with van der Waals surface area (Å²) in [5.74, 6) is 0.343. The van der Waals surface area contributed by atoms with Gasteiger partial charge in [-0.3, -0.25) is 0 Å². The predicted molar refractivity (Wildman–Crippen MR) is 76.8 cm³/mol. The van der Waals surface area contributed by atoms with Gasteiger partial charge in [0.05, 0.1) is 0 Å². The number of carbonyl (C=O) groups excluding carboxylic acids is 1. The number of hydrogen-bond donors (Lipinski definition) is 0. The third kappa shape index (κ3) is 4.22. The highest BCUT2D eigenvalue weighted by atomic mass is 28.4. The van der Waals surface area contributed by atoms with Crippen molar-refractivity contribution in [3.05, 3.63) is 0 Å². The van der Waals surface area contributed by atoms with Gasteiger partial charge in [0.2, 0.25) is 0 Å². The molecule has 0 saturated heterocycles. The summed E-state index contributed by atoms with van der Waals surface area (Å²) in [5.41, 5.74) is 1.85. The Bertz CT molecular complexity index is 202. The Balaban J connectivity index is 4.75. The lowest BCUT2D eigenvalue weighted by Gasteiger charge is -2.42. The second-order valence-corrected chi connectivity index (χ2v) is 11.6. The Labute approximate surface area is 108 Å². The van der Waals surface area contributed by atoms with Crippen molar-refractivity contribution in [3.63, 3.8) is 0 Å². The van der Waals surface area contributed by atoms with Crippen molar-refractivity contribution in [1.82, 2.24) is 0 Å². The maximum atomic E-state index is 10.5. The summed E-state index contributed by atoms with van der Waals surface area (Å²) in [5, 5.41) is 0. The number of rotatable bonds is 8. The lowest BCUT2D eigenvalue weighted by Crippen LogP contribution is -2.48. The number of aldehydes is 1. The summed E-state index contributed by atoms with van der Waals surface area (Å²) in [7, 11) is -1.74. The molecule has 1 unspecified atom stereocenters. The van der Waals surface area contributed by atoms with Crippen molar-refractivity contribution in [1.29, 1.82) is 0 Å². The van der Waals surface area contributed by atoms with Crippen LogP contribution in [0, 0.1) is 5.92 Å². The summed E-state index contributed by atoms with van der Waals surface area (Å²) < 4.78 is 6.41. The van der Waals surface area contributed by atoms with Crippen LogP contribution in [0.2, 0.25) is 16.6 Å². The molecular weight excluding hydrogens is 228 g/mol. The smallest absolute Gasteiger partial charge is 0.200 e. The van der Waals surface area contributed by atoms with Crippen LogP contribution < -0.4 is 0 Å². The van der Waals surface area contributed by atoms with Crippen LogP contribution in [-0.2, 0) is 9.22 Å². The molecule has 1 atom stereocenters. The van der Waals surface area contributed by atoms with Crippen molar-refractivity contribution in [2.24, 2.45) is 5.92 Å². The van der Waals surface area contributed by atoms with Crippen LogP contribution in [0.3, 0.4) is 0 Å². The molecule has 0 aromatic rings. The number of hydrogen-bond acceptors (Lipinski definition) is 2. The van der Waals surface area contributed by atoms with Crippen molar-refractivity contribution in [3.8, 4) is 0 Å². The van der Waals surface area contributed by atoms with E-state index < -0.39 is 8.32 Å². The van der Waals surface area contributed by atoms with E-state index in [-0.39, 0.29) is 0 Å². The van der Waals surface area contributed by atoms with Gasteiger partial charge in [0.25, 0.3) is 0 Å². The van der Waals surface area contributed by atoms with Crippen LogP contribution >= 0.6 is 0 Å². The zero-order valence-electron chi connectivity index (χ0n) is 12.6. The van der Waals surface area contributed by atoms with Gasteiger partial charge in [-0.2, -0.15) is 0 Å². The predicted octanol–water partition coefficient (Wildman–Crippen LogP) is 4.40. The van der Waals surface area contributed by atoms with Crippen LogP contribution in [0.1, 0.15) is 54.9 Å². The lowest BCUT2D eigenvalue weighted by molar-refractivity contribution is -0.108. The van der Waals surface area contributed by atoms with Crippen LogP contribution in [0.15, 0.2) is 0 Å². The maximum Gasteiger partial charge on any atom is 0.200 e. The van der Waals surface area contributed by atoms with Gasteiger partial charge in [-0.15, -0.1) is 0 Å². The molecule has 0 aliphatic carbocycles. The van der Waals surface area contributed by atoms with E-state index in [0.29, 0.717) is 29.0 Å². The molecule has 102 valence electrons. The van der Waals surface area contributed by atoms with Crippen LogP contribution in [0.4, 0.5) is 0 Å². The Kier molecular flexibility index (Phi) is 7.25. The third-order valence-corrected chi connectivity index (χ3v) is 9.90. The van der Waals surface area contributed by atoms with Gasteiger partial charge in [0, 0.05) is 13.0 Å². The monoisotopic (exact) mass is 258 g/mol. The standard InChI is InChI=1S/C14H30O2Si/c1-11(2)17(12(3)4,13(5)6)16-10-14(7)8-9-15/h9,11-14H,8,10H2,1-7H3. The largest absolute Gasteiger partial charge is 0.416 e. The normalized spacial score (nSPS) is 14.7. The fourth-order valence-corrected chi connectivity index (χ4v) is 8.59. The molecule has 0 aromatic heterocycles. The molecule has 2 nitrogen and oxygen atoms in total. The first kappa shape index (κ1) is 16.8. The topological polar surface area (TPSA) is 26.3 Å². The summed E-state index contributed by atoms with van der Waals surface area (Å²) in [6, 6.07) is 0. The highest BCUT2D eigenvalue weighted by Crippen LogP contribution is 2.42. The second kappa shape index (κ2) is 7.32. The molecule has 0 saturated carbocycles. The van der Waals surface area contributed by atoms with Crippen molar-refractivity contribution in [2.45, 2.75) is 71.5 Å². The Morgan fingerprint density at radius 2 is 1.35 bits per heavy atom. The van der Waals surface area contributed by atoms with E-state index in [1.54, 1.807) is 0 Å². The van der Waals surface area contributed by atoms with Gasteiger partial charge in [-0.1, -0.05) is 48.5 Å². The van der Waals surface area contributed by atoms with E-state index in [1.165, 1.54) is 0 Å². The van der Waals surface area contributed by atoms with Crippen molar-refractivity contribution < 1.29 is 9.22 Å². The average Bonchev–Trinajstić information content (AvgIpc) is 2.17. The fourth-order valence-electron chi connectivity index (χ4n) is 3.02. The van der Waals surface area contributed by atoms with E-state index in [4.69, 9.17) is 4.43 Å². The Morgan fingerprint density at radius 1 is 0.941 bits per heavy atom. The first-order chi connectivity index (χ1) is 7.78. The Hall–Kier alpha value is -0.153. The van der Waals surface area contributed by atoms with E-state index in [2.05, 4.69) is 48.5 Å². The van der Waals surface area contributed by atoms with E-state index in [1.807, 2.05) is 0 Å². The maximum absolute atomic E-state index is 10.5. The van der Waals surface area contributed by atoms with E-state index in [9.17, 15) is 4.79 Å². The molecule has 0 radical (unpaired) electrons. The van der Waals surface area contributed by atoms with Gasteiger partial charge in [0.1, 0.15) is 6.29 Å². The van der Waals surface area contributed by atoms with Gasteiger partial charge >= 0.3 is 0 Å². The lowest BCUT2D eigenvalue weighted by atomic mass is 10.1. The highest BCUT2D eigenvalue weighted by molar-refractivity contribution is 6.77. The zero-order valence-corrected chi connectivity index (χ0v) is 13.6. The first-order valence-corrected chi connectivity index (χ1v) is 9.00. The molecule has 0 N–H and O–H groups in total.